The predicted octanol–water partition coefficient (Wildman–Crippen LogP) is 2.57. The maximum atomic E-state index is 6.30. The Morgan fingerprint density at radius 2 is 2.00 bits per heavy atom. The third-order valence-corrected chi connectivity index (χ3v) is 5.78. The Kier molecular flexibility index (Phi) is 4.50. The van der Waals surface area contributed by atoms with Gasteiger partial charge in [-0.1, -0.05) is 11.6 Å². The molecule has 2 saturated heterocycles. The highest BCUT2D eigenvalue weighted by Crippen LogP contribution is 2.35. The van der Waals surface area contributed by atoms with Crippen LogP contribution in [0.3, 0.4) is 0 Å². The van der Waals surface area contributed by atoms with E-state index in [4.69, 9.17) is 21.1 Å². The zero-order valence-corrected chi connectivity index (χ0v) is 14.5. The molecule has 4 nitrogen and oxygen atoms in total. The molecule has 0 saturated carbocycles. The number of fused-ring (bicyclic) bond motifs is 1. The molecule has 0 amide bonds. The third kappa shape index (κ3) is 3.10. The molecule has 23 heavy (non-hydrogen) atoms. The average Bonchev–Trinajstić information content (AvgIpc) is 3.16. The monoisotopic (exact) mass is 336 g/mol. The quantitative estimate of drug-likeness (QED) is 0.847. The molecule has 0 aromatic heterocycles. The molecule has 0 N–H and O–H groups in total. The van der Waals surface area contributed by atoms with E-state index in [1.54, 1.807) is 0 Å². The fourth-order valence-corrected chi connectivity index (χ4v) is 4.55. The van der Waals surface area contributed by atoms with Crippen LogP contribution in [-0.2, 0) is 17.7 Å². The van der Waals surface area contributed by atoms with Crippen LogP contribution in [0, 0.1) is 0 Å². The van der Waals surface area contributed by atoms with Gasteiger partial charge in [0.15, 0.2) is 0 Å². The van der Waals surface area contributed by atoms with E-state index in [-0.39, 0.29) is 0 Å². The first-order chi connectivity index (χ1) is 11.2. The minimum Gasteiger partial charge on any atom is -0.493 e. The molecule has 4 rings (SSSR count). The molecular weight excluding hydrogens is 312 g/mol. The minimum atomic E-state index is 0.559. The molecule has 126 valence electrons. The number of halogens is 1. The molecule has 0 spiro atoms. The Hall–Kier alpha value is -0.810. The summed E-state index contributed by atoms with van der Waals surface area (Å²) in [5, 5.41) is 0.834. The fraction of sp³-hybridized carbons (Fsp3) is 0.667. The second-order valence-electron chi connectivity index (χ2n) is 6.87. The summed E-state index contributed by atoms with van der Waals surface area (Å²) < 4.78 is 11.4. The maximum Gasteiger partial charge on any atom is 0.127 e. The molecule has 2 atom stereocenters. The standard InChI is InChI=1S/C18H25ClN2O2/c1-13-17(20-5-8-22-9-6-20)2-4-21(13)12-15-11-16(19)10-14-3-7-23-18(14)15/h10-11,13,17H,2-9,12H2,1H3/t13-,17-/m1/s1. The lowest BCUT2D eigenvalue weighted by molar-refractivity contribution is 0.00981. The number of benzene rings is 1. The van der Waals surface area contributed by atoms with Crippen LogP contribution in [-0.4, -0.2) is 61.3 Å². The molecular formula is C18H25ClN2O2. The summed E-state index contributed by atoms with van der Waals surface area (Å²) in [5.41, 5.74) is 2.52. The van der Waals surface area contributed by atoms with Crippen molar-refractivity contribution in [2.24, 2.45) is 0 Å². The van der Waals surface area contributed by atoms with Crippen LogP contribution >= 0.6 is 11.6 Å². The summed E-state index contributed by atoms with van der Waals surface area (Å²) in [7, 11) is 0. The zero-order chi connectivity index (χ0) is 15.8. The van der Waals surface area contributed by atoms with Crippen molar-refractivity contribution >= 4 is 11.6 Å². The number of morpholine rings is 1. The van der Waals surface area contributed by atoms with Crippen molar-refractivity contribution in [3.05, 3.63) is 28.3 Å². The predicted molar refractivity (Wildman–Crippen MR) is 91.3 cm³/mol. The van der Waals surface area contributed by atoms with Gasteiger partial charge in [0.2, 0.25) is 0 Å². The van der Waals surface area contributed by atoms with Crippen LogP contribution in [0.15, 0.2) is 12.1 Å². The van der Waals surface area contributed by atoms with Gasteiger partial charge >= 0.3 is 0 Å². The third-order valence-electron chi connectivity index (χ3n) is 5.56. The van der Waals surface area contributed by atoms with Gasteiger partial charge in [0.25, 0.3) is 0 Å². The molecule has 3 heterocycles. The van der Waals surface area contributed by atoms with Crippen LogP contribution in [0.25, 0.3) is 0 Å². The van der Waals surface area contributed by atoms with Gasteiger partial charge in [-0.15, -0.1) is 0 Å². The van der Waals surface area contributed by atoms with Crippen LogP contribution in [0.1, 0.15) is 24.5 Å². The van der Waals surface area contributed by atoms with Crippen molar-refractivity contribution < 1.29 is 9.47 Å². The second-order valence-corrected chi connectivity index (χ2v) is 7.30. The van der Waals surface area contributed by atoms with Gasteiger partial charge in [-0.2, -0.15) is 0 Å². The van der Waals surface area contributed by atoms with Gasteiger partial charge in [-0.25, -0.2) is 0 Å². The number of ether oxygens (including phenoxy) is 2. The smallest absolute Gasteiger partial charge is 0.127 e. The van der Waals surface area contributed by atoms with E-state index >= 15 is 0 Å². The van der Waals surface area contributed by atoms with E-state index in [1.165, 1.54) is 17.5 Å². The van der Waals surface area contributed by atoms with Gasteiger partial charge < -0.3 is 9.47 Å². The second kappa shape index (κ2) is 6.60. The van der Waals surface area contributed by atoms with Crippen molar-refractivity contribution in [1.29, 1.82) is 0 Å². The molecule has 2 fully saturated rings. The Labute approximate surface area is 143 Å². The summed E-state index contributed by atoms with van der Waals surface area (Å²) in [5.74, 6) is 1.08. The van der Waals surface area contributed by atoms with Crippen LogP contribution in [0.5, 0.6) is 5.75 Å². The SMILES string of the molecule is C[C@@H]1[C@H](N2CCOCC2)CCN1Cc1cc(Cl)cc2c1OCC2. The topological polar surface area (TPSA) is 24.9 Å². The Balaban J connectivity index is 1.48. The van der Waals surface area contributed by atoms with E-state index in [0.717, 1.165) is 63.2 Å². The number of rotatable bonds is 3. The van der Waals surface area contributed by atoms with Crippen molar-refractivity contribution in [3.8, 4) is 5.75 Å². The van der Waals surface area contributed by atoms with Crippen LogP contribution in [0.4, 0.5) is 0 Å². The molecule has 5 heteroatoms. The molecule has 0 radical (unpaired) electrons. The molecule has 0 bridgehead atoms. The first-order valence-electron chi connectivity index (χ1n) is 8.72. The summed E-state index contributed by atoms with van der Waals surface area (Å²) in [6.45, 7) is 9.11. The number of hydrogen-bond acceptors (Lipinski definition) is 4. The number of likely N-dealkylation sites (tertiary alicyclic amines) is 1. The van der Waals surface area contributed by atoms with Crippen molar-refractivity contribution in [3.63, 3.8) is 0 Å². The summed E-state index contributed by atoms with van der Waals surface area (Å²) in [6, 6.07) is 5.34. The maximum absolute atomic E-state index is 6.30. The number of nitrogens with zero attached hydrogens (tertiary/aromatic N) is 2. The zero-order valence-electron chi connectivity index (χ0n) is 13.8. The molecule has 0 aliphatic carbocycles. The normalized spacial score (nSPS) is 28.8. The molecule has 0 unspecified atom stereocenters. The Morgan fingerprint density at radius 1 is 1.17 bits per heavy atom. The van der Waals surface area contributed by atoms with Gasteiger partial charge in [0.05, 0.1) is 19.8 Å². The highest BCUT2D eigenvalue weighted by atomic mass is 35.5. The van der Waals surface area contributed by atoms with Gasteiger partial charge in [-0.3, -0.25) is 9.80 Å². The summed E-state index contributed by atoms with van der Waals surface area (Å²) >= 11 is 6.30. The van der Waals surface area contributed by atoms with Crippen molar-refractivity contribution in [1.82, 2.24) is 9.80 Å². The van der Waals surface area contributed by atoms with Crippen molar-refractivity contribution in [2.45, 2.75) is 38.4 Å². The lowest BCUT2D eigenvalue weighted by Crippen LogP contribution is -2.48. The first kappa shape index (κ1) is 15.7. The van der Waals surface area contributed by atoms with Gasteiger partial charge in [0, 0.05) is 55.3 Å². The first-order valence-corrected chi connectivity index (χ1v) is 9.10. The van der Waals surface area contributed by atoms with E-state index < -0.39 is 0 Å². The van der Waals surface area contributed by atoms with Crippen LogP contribution in [0.2, 0.25) is 5.02 Å². The number of hydrogen-bond donors (Lipinski definition) is 0. The molecule has 3 aliphatic rings. The van der Waals surface area contributed by atoms with E-state index in [0.29, 0.717) is 12.1 Å². The highest BCUT2D eigenvalue weighted by molar-refractivity contribution is 6.30. The molecule has 1 aromatic carbocycles. The van der Waals surface area contributed by atoms with Gasteiger partial charge in [-0.05, 0) is 31.0 Å². The largest absolute Gasteiger partial charge is 0.493 e. The molecule has 1 aromatic rings. The highest BCUT2D eigenvalue weighted by Gasteiger charge is 2.35. The van der Waals surface area contributed by atoms with E-state index in [2.05, 4.69) is 28.9 Å². The molecule has 3 aliphatic heterocycles. The fourth-order valence-electron chi connectivity index (χ4n) is 4.29. The lowest BCUT2D eigenvalue weighted by atomic mass is 10.1. The average molecular weight is 337 g/mol. The van der Waals surface area contributed by atoms with E-state index in [9.17, 15) is 0 Å². The summed E-state index contributed by atoms with van der Waals surface area (Å²) in [6.07, 6.45) is 2.22. The van der Waals surface area contributed by atoms with E-state index in [1.807, 2.05) is 0 Å². The summed E-state index contributed by atoms with van der Waals surface area (Å²) in [4.78, 5) is 5.18. The minimum absolute atomic E-state index is 0.559. The lowest BCUT2D eigenvalue weighted by Gasteiger charge is -2.36. The Morgan fingerprint density at radius 3 is 2.83 bits per heavy atom. The van der Waals surface area contributed by atoms with Crippen LogP contribution < -0.4 is 4.74 Å². The van der Waals surface area contributed by atoms with Crippen molar-refractivity contribution in [2.75, 3.05) is 39.5 Å². The Bertz CT molecular complexity index is 574. The van der Waals surface area contributed by atoms with Gasteiger partial charge in [0.1, 0.15) is 5.75 Å².